The SMILES string of the molecule is CN(C)C(C)(C)COc1ccc(C(N)=S)cc1F. The number of hydrogen-bond acceptors (Lipinski definition) is 3. The second kappa shape index (κ2) is 5.63. The monoisotopic (exact) mass is 270 g/mol. The topological polar surface area (TPSA) is 38.5 Å². The van der Waals surface area contributed by atoms with Crippen molar-refractivity contribution in [1.29, 1.82) is 0 Å². The van der Waals surface area contributed by atoms with E-state index in [1.165, 1.54) is 6.07 Å². The van der Waals surface area contributed by atoms with Crippen LogP contribution in [0.4, 0.5) is 4.39 Å². The van der Waals surface area contributed by atoms with E-state index in [1.54, 1.807) is 12.1 Å². The molecule has 5 heteroatoms. The summed E-state index contributed by atoms with van der Waals surface area (Å²) in [5.74, 6) is -0.236. The molecule has 0 aliphatic carbocycles. The first-order valence-corrected chi connectivity index (χ1v) is 6.04. The molecule has 0 unspecified atom stereocenters. The van der Waals surface area contributed by atoms with E-state index in [-0.39, 0.29) is 16.3 Å². The average Bonchev–Trinajstić information content (AvgIpc) is 2.26. The van der Waals surface area contributed by atoms with E-state index in [4.69, 9.17) is 22.7 Å². The van der Waals surface area contributed by atoms with Gasteiger partial charge in [-0.15, -0.1) is 0 Å². The molecule has 0 heterocycles. The highest BCUT2D eigenvalue weighted by molar-refractivity contribution is 7.80. The third-order valence-corrected chi connectivity index (χ3v) is 3.24. The summed E-state index contributed by atoms with van der Waals surface area (Å²) in [6.45, 7) is 4.44. The van der Waals surface area contributed by atoms with Crippen molar-refractivity contribution in [3.05, 3.63) is 29.6 Å². The normalized spacial score (nSPS) is 11.7. The highest BCUT2D eigenvalue weighted by atomic mass is 32.1. The van der Waals surface area contributed by atoms with Crippen molar-refractivity contribution in [1.82, 2.24) is 4.90 Å². The first-order chi connectivity index (χ1) is 8.24. The molecule has 1 rings (SSSR count). The molecular formula is C13H19FN2OS. The predicted octanol–water partition coefficient (Wildman–Crippen LogP) is 2.18. The van der Waals surface area contributed by atoms with Crippen LogP contribution in [0.5, 0.6) is 5.75 Å². The van der Waals surface area contributed by atoms with Crippen molar-refractivity contribution in [2.45, 2.75) is 19.4 Å². The number of hydrogen-bond donors (Lipinski definition) is 1. The van der Waals surface area contributed by atoms with Crippen LogP contribution in [-0.2, 0) is 0 Å². The molecular weight excluding hydrogens is 251 g/mol. The third-order valence-electron chi connectivity index (χ3n) is 3.01. The number of benzene rings is 1. The summed E-state index contributed by atoms with van der Waals surface area (Å²) >= 11 is 4.79. The first kappa shape index (κ1) is 14.9. The van der Waals surface area contributed by atoms with Crippen molar-refractivity contribution >= 4 is 17.2 Å². The summed E-state index contributed by atoms with van der Waals surface area (Å²) in [4.78, 5) is 2.20. The Bertz CT molecular complexity index is 447. The number of nitrogens with zero attached hydrogens (tertiary/aromatic N) is 1. The van der Waals surface area contributed by atoms with Crippen molar-refractivity contribution in [3.63, 3.8) is 0 Å². The molecule has 0 radical (unpaired) electrons. The standard InChI is InChI=1S/C13H19FN2OS/c1-13(2,16(3)4)8-17-11-6-5-9(12(15)18)7-10(11)14/h5-7H,8H2,1-4H3,(H2,15,18). The van der Waals surface area contributed by atoms with E-state index in [2.05, 4.69) is 0 Å². The van der Waals surface area contributed by atoms with Crippen LogP contribution in [-0.4, -0.2) is 36.1 Å². The summed E-state index contributed by atoms with van der Waals surface area (Å²) in [5, 5.41) is 0. The van der Waals surface area contributed by atoms with E-state index in [9.17, 15) is 4.39 Å². The van der Waals surface area contributed by atoms with Gasteiger partial charge in [0.25, 0.3) is 0 Å². The Labute approximate surface area is 113 Å². The lowest BCUT2D eigenvalue weighted by Gasteiger charge is -2.32. The van der Waals surface area contributed by atoms with Crippen LogP contribution in [0.1, 0.15) is 19.4 Å². The number of ether oxygens (including phenoxy) is 1. The highest BCUT2D eigenvalue weighted by Gasteiger charge is 2.22. The molecule has 3 nitrogen and oxygen atoms in total. The maximum Gasteiger partial charge on any atom is 0.165 e. The molecule has 0 spiro atoms. The second-order valence-electron chi connectivity index (χ2n) is 5.00. The van der Waals surface area contributed by atoms with Crippen LogP contribution in [0.25, 0.3) is 0 Å². The van der Waals surface area contributed by atoms with E-state index < -0.39 is 5.82 Å². The van der Waals surface area contributed by atoms with Gasteiger partial charge >= 0.3 is 0 Å². The summed E-state index contributed by atoms with van der Waals surface area (Å²) in [6.07, 6.45) is 0. The molecule has 2 N–H and O–H groups in total. The van der Waals surface area contributed by atoms with E-state index in [0.717, 1.165) is 0 Å². The van der Waals surface area contributed by atoms with Gasteiger partial charge < -0.3 is 15.4 Å². The van der Waals surface area contributed by atoms with E-state index in [0.29, 0.717) is 12.2 Å². The highest BCUT2D eigenvalue weighted by Crippen LogP contribution is 2.20. The molecule has 0 atom stereocenters. The molecule has 18 heavy (non-hydrogen) atoms. The van der Waals surface area contributed by atoms with Crippen molar-refractivity contribution in [2.75, 3.05) is 20.7 Å². The fourth-order valence-corrected chi connectivity index (χ4v) is 1.28. The van der Waals surface area contributed by atoms with Crippen LogP contribution >= 0.6 is 12.2 Å². The zero-order valence-corrected chi connectivity index (χ0v) is 12.0. The molecule has 0 saturated heterocycles. The molecule has 100 valence electrons. The Balaban J connectivity index is 2.78. The van der Waals surface area contributed by atoms with Gasteiger partial charge in [-0.3, -0.25) is 0 Å². The molecule has 0 fully saturated rings. The summed E-state index contributed by atoms with van der Waals surface area (Å²) in [5.41, 5.74) is 5.76. The van der Waals surface area contributed by atoms with Gasteiger partial charge in [0.2, 0.25) is 0 Å². The van der Waals surface area contributed by atoms with Gasteiger partial charge in [0.1, 0.15) is 11.6 Å². The van der Waals surface area contributed by atoms with Gasteiger partial charge in [-0.25, -0.2) is 4.39 Å². The lowest BCUT2D eigenvalue weighted by Crippen LogP contribution is -2.43. The summed E-state index contributed by atoms with van der Waals surface area (Å²) < 4.78 is 19.2. The Hall–Kier alpha value is -1.20. The molecule has 0 aliphatic rings. The maximum absolute atomic E-state index is 13.7. The third kappa shape index (κ3) is 3.65. The van der Waals surface area contributed by atoms with Crippen LogP contribution in [0.3, 0.4) is 0 Å². The minimum absolute atomic E-state index is 0.172. The van der Waals surface area contributed by atoms with E-state index in [1.807, 2.05) is 32.8 Å². The fourth-order valence-electron chi connectivity index (χ4n) is 1.15. The lowest BCUT2D eigenvalue weighted by molar-refractivity contribution is 0.111. The van der Waals surface area contributed by atoms with Gasteiger partial charge in [0.15, 0.2) is 11.6 Å². The summed E-state index contributed by atoms with van der Waals surface area (Å²) in [7, 11) is 3.91. The maximum atomic E-state index is 13.7. The van der Waals surface area contributed by atoms with Crippen LogP contribution in [0, 0.1) is 5.82 Å². The molecule has 0 aromatic heterocycles. The van der Waals surface area contributed by atoms with Crippen LogP contribution < -0.4 is 10.5 Å². The molecule has 1 aromatic rings. The Morgan fingerprint density at radius 2 is 2.06 bits per heavy atom. The number of rotatable bonds is 5. The predicted molar refractivity (Wildman–Crippen MR) is 75.5 cm³/mol. The van der Waals surface area contributed by atoms with E-state index >= 15 is 0 Å². The Morgan fingerprint density at radius 3 is 2.50 bits per heavy atom. The van der Waals surface area contributed by atoms with Crippen LogP contribution in [0.2, 0.25) is 0 Å². The smallest absolute Gasteiger partial charge is 0.165 e. The van der Waals surface area contributed by atoms with Gasteiger partial charge in [0, 0.05) is 11.1 Å². The van der Waals surface area contributed by atoms with Gasteiger partial charge in [-0.1, -0.05) is 12.2 Å². The largest absolute Gasteiger partial charge is 0.489 e. The van der Waals surface area contributed by atoms with Gasteiger partial charge in [-0.05, 0) is 46.1 Å². The Kier molecular flexibility index (Phi) is 4.65. The minimum Gasteiger partial charge on any atom is -0.489 e. The molecule has 1 aromatic carbocycles. The molecule has 0 amide bonds. The van der Waals surface area contributed by atoms with Crippen molar-refractivity contribution in [2.24, 2.45) is 5.73 Å². The fraction of sp³-hybridized carbons (Fsp3) is 0.462. The quantitative estimate of drug-likeness (QED) is 0.832. The second-order valence-corrected chi connectivity index (χ2v) is 5.44. The number of halogens is 1. The summed E-state index contributed by atoms with van der Waals surface area (Å²) in [6, 6.07) is 4.50. The lowest BCUT2D eigenvalue weighted by atomic mass is 10.1. The van der Waals surface area contributed by atoms with Crippen LogP contribution in [0.15, 0.2) is 18.2 Å². The van der Waals surface area contributed by atoms with Crippen molar-refractivity contribution in [3.8, 4) is 5.75 Å². The zero-order valence-electron chi connectivity index (χ0n) is 11.2. The Morgan fingerprint density at radius 1 is 1.44 bits per heavy atom. The zero-order chi connectivity index (χ0) is 13.9. The average molecular weight is 270 g/mol. The van der Waals surface area contributed by atoms with Gasteiger partial charge in [0.05, 0.1) is 0 Å². The number of thiocarbonyl (C=S) groups is 1. The van der Waals surface area contributed by atoms with Crippen molar-refractivity contribution < 1.29 is 9.13 Å². The number of likely N-dealkylation sites (N-methyl/N-ethyl adjacent to an activating group) is 1. The minimum atomic E-state index is -0.449. The molecule has 0 bridgehead atoms. The van der Waals surface area contributed by atoms with Gasteiger partial charge in [-0.2, -0.15) is 0 Å². The number of nitrogens with two attached hydrogens (primary N) is 1. The molecule has 0 aliphatic heterocycles. The first-order valence-electron chi connectivity index (χ1n) is 5.63. The molecule has 0 saturated carbocycles.